The fourth-order valence-electron chi connectivity index (χ4n) is 2.53. The zero-order valence-electron chi connectivity index (χ0n) is 17.5. The number of benzene rings is 1. The second-order valence-corrected chi connectivity index (χ2v) is 7.91. The number of nitrogens with zero attached hydrogens (tertiary/aromatic N) is 2. The van der Waals surface area contributed by atoms with Gasteiger partial charge in [0.2, 0.25) is 0 Å². The molecule has 156 valence electrons. The molecule has 1 atom stereocenters. The van der Waals surface area contributed by atoms with E-state index in [9.17, 15) is 14.4 Å². The van der Waals surface area contributed by atoms with Crippen LogP contribution >= 0.6 is 0 Å². The maximum atomic E-state index is 13.0. The van der Waals surface area contributed by atoms with Gasteiger partial charge in [0, 0.05) is 0 Å². The number of imide groups is 1. The van der Waals surface area contributed by atoms with E-state index >= 15 is 0 Å². The van der Waals surface area contributed by atoms with Crippen molar-refractivity contribution in [1.82, 2.24) is 9.91 Å². The van der Waals surface area contributed by atoms with E-state index in [-0.39, 0.29) is 18.9 Å². The van der Waals surface area contributed by atoms with Crippen LogP contribution in [0.5, 0.6) is 0 Å². The van der Waals surface area contributed by atoms with Crippen molar-refractivity contribution < 1.29 is 23.9 Å². The summed E-state index contributed by atoms with van der Waals surface area (Å²) in [6.45, 7) is 8.83. The van der Waals surface area contributed by atoms with Crippen molar-refractivity contribution in [3.8, 4) is 0 Å². The van der Waals surface area contributed by atoms with Gasteiger partial charge in [-0.3, -0.25) is 5.01 Å². The lowest BCUT2D eigenvalue weighted by Gasteiger charge is -2.33. The fraction of sp³-hybridized carbons (Fsp3) is 0.550. The molecule has 0 heterocycles. The summed E-state index contributed by atoms with van der Waals surface area (Å²) in [5.74, 6) is 5.25. The molecule has 0 aliphatic heterocycles. The van der Waals surface area contributed by atoms with Gasteiger partial charge in [-0.15, -0.1) is 0 Å². The number of amides is 3. The number of hydrogen-bond donors (Lipinski definition) is 1. The van der Waals surface area contributed by atoms with E-state index in [2.05, 4.69) is 0 Å². The number of ether oxygens (including phenoxy) is 2. The first-order chi connectivity index (χ1) is 13.0. The van der Waals surface area contributed by atoms with Crippen LogP contribution in [0.3, 0.4) is 0 Å². The van der Waals surface area contributed by atoms with Crippen LogP contribution in [0, 0.1) is 5.92 Å². The molecule has 1 aromatic rings. The molecule has 0 aliphatic carbocycles. The molecule has 0 aliphatic rings. The summed E-state index contributed by atoms with van der Waals surface area (Å²) in [4.78, 5) is 38.9. The molecule has 3 amide bonds. The highest BCUT2D eigenvalue weighted by molar-refractivity contribution is 5.96. The van der Waals surface area contributed by atoms with E-state index in [1.54, 1.807) is 32.9 Å². The SMILES string of the molecule is COC(=O)[C@H](CC(C)C)N(C(=O)OC(C)(C)C)C(=O)N(N)Cc1ccccc1. The van der Waals surface area contributed by atoms with Gasteiger partial charge in [-0.25, -0.2) is 25.1 Å². The Hall–Kier alpha value is -2.61. The number of carbonyl (C=O) groups is 3. The number of nitrogens with two attached hydrogens (primary N) is 1. The Kier molecular flexibility index (Phi) is 8.43. The molecular formula is C20H31N3O5. The van der Waals surface area contributed by atoms with Crippen LogP contribution in [0.25, 0.3) is 0 Å². The second kappa shape index (κ2) is 10.1. The molecule has 0 fully saturated rings. The third-order valence-corrected chi connectivity index (χ3v) is 3.72. The quantitative estimate of drug-likeness (QED) is 0.344. The molecule has 8 heteroatoms. The van der Waals surface area contributed by atoms with Gasteiger partial charge in [0.15, 0.2) is 0 Å². The summed E-state index contributed by atoms with van der Waals surface area (Å²) >= 11 is 0. The predicted octanol–water partition coefficient (Wildman–Crippen LogP) is 3.31. The normalized spacial score (nSPS) is 12.3. The number of rotatable bonds is 6. The van der Waals surface area contributed by atoms with Crippen LogP contribution in [0.4, 0.5) is 9.59 Å². The van der Waals surface area contributed by atoms with Gasteiger partial charge in [-0.1, -0.05) is 44.2 Å². The molecule has 0 radical (unpaired) electrons. The molecule has 0 saturated heterocycles. The van der Waals surface area contributed by atoms with Gasteiger partial charge in [0.1, 0.15) is 11.6 Å². The number of urea groups is 1. The van der Waals surface area contributed by atoms with Crippen molar-refractivity contribution >= 4 is 18.1 Å². The Morgan fingerprint density at radius 1 is 1.11 bits per heavy atom. The number of methoxy groups -OCH3 is 1. The zero-order chi connectivity index (χ0) is 21.5. The fourth-order valence-corrected chi connectivity index (χ4v) is 2.53. The third kappa shape index (κ3) is 7.19. The van der Waals surface area contributed by atoms with Gasteiger partial charge in [-0.2, -0.15) is 0 Å². The van der Waals surface area contributed by atoms with Gasteiger partial charge in [-0.05, 0) is 38.7 Å². The van der Waals surface area contributed by atoms with Crippen molar-refractivity contribution in [3.63, 3.8) is 0 Å². The van der Waals surface area contributed by atoms with E-state index < -0.39 is 29.7 Å². The summed E-state index contributed by atoms with van der Waals surface area (Å²) in [6.07, 6.45) is -0.728. The topological polar surface area (TPSA) is 102 Å². The standard InChI is InChI=1S/C20H31N3O5/c1-14(2)12-16(17(24)27-6)23(19(26)28-20(3,4)5)18(25)22(21)13-15-10-8-7-9-11-15/h7-11,14,16H,12-13,21H2,1-6H3/t16-/m0/s1. The lowest BCUT2D eigenvalue weighted by atomic mass is 10.0. The van der Waals surface area contributed by atoms with Gasteiger partial charge in [0.25, 0.3) is 0 Å². The maximum Gasteiger partial charge on any atom is 0.419 e. The minimum Gasteiger partial charge on any atom is -0.467 e. The highest BCUT2D eigenvalue weighted by Crippen LogP contribution is 2.20. The number of hydrogen-bond acceptors (Lipinski definition) is 6. The zero-order valence-corrected chi connectivity index (χ0v) is 17.5. The van der Waals surface area contributed by atoms with Gasteiger partial charge in [0.05, 0.1) is 13.7 Å². The first-order valence-corrected chi connectivity index (χ1v) is 9.16. The first kappa shape index (κ1) is 23.4. The van der Waals surface area contributed by atoms with Crippen LogP contribution in [0.2, 0.25) is 0 Å². The molecule has 0 aromatic heterocycles. The van der Waals surface area contributed by atoms with Crippen molar-refractivity contribution in [2.24, 2.45) is 11.8 Å². The first-order valence-electron chi connectivity index (χ1n) is 9.16. The summed E-state index contributed by atoms with van der Waals surface area (Å²) in [5.41, 5.74) is -0.0755. The summed E-state index contributed by atoms with van der Waals surface area (Å²) < 4.78 is 10.2. The molecule has 1 aromatic carbocycles. The van der Waals surface area contributed by atoms with E-state index in [1.165, 1.54) is 7.11 Å². The van der Waals surface area contributed by atoms with Gasteiger partial charge >= 0.3 is 18.1 Å². The van der Waals surface area contributed by atoms with E-state index in [4.69, 9.17) is 15.3 Å². The van der Waals surface area contributed by atoms with Crippen LogP contribution < -0.4 is 5.84 Å². The largest absolute Gasteiger partial charge is 0.467 e. The summed E-state index contributed by atoms with van der Waals surface area (Å²) in [6, 6.07) is 7.09. The monoisotopic (exact) mass is 393 g/mol. The Labute approximate surface area is 166 Å². The van der Waals surface area contributed by atoms with E-state index in [0.717, 1.165) is 15.5 Å². The molecule has 28 heavy (non-hydrogen) atoms. The Morgan fingerprint density at radius 2 is 1.68 bits per heavy atom. The van der Waals surface area contributed by atoms with E-state index in [1.807, 2.05) is 32.0 Å². The van der Waals surface area contributed by atoms with Crippen molar-refractivity contribution in [1.29, 1.82) is 0 Å². The van der Waals surface area contributed by atoms with Crippen molar-refractivity contribution in [3.05, 3.63) is 35.9 Å². The molecule has 8 nitrogen and oxygen atoms in total. The molecule has 1 rings (SSSR count). The smallest absolute Gasteiger partial charge is 0.419 e. The average Bonchev–Trinajstić information content (AvgIpc) is 2.59. The van der Waals surface area contributed by atoms with Crippen LogP contribution in [0.1, 0.15) is 46.6 Å². The molecule has 2 N–H and O–H groups in total. The maximum absolute atomic E-state index is 13.0. The summed E-state index contributed by atoms with van der Waals surface area (Å²) in [5, 5.41) is 0.884. The molecule has 0 unspecified atom stereocenters. The van der Waals surface area contributed by atoms with Crippen molar-refractivity contribution in [2.75, 3.05) is 7.11 Å². The highest BCUT2D eigenvalue weighted by Gasteiger charge is 2.40. The molecule has 0 spiro atoms. The van der Waals surface area contributed by atoms with Crippen molar-refractivity contribution in [2.45, 2.75) is 59.2 Å². The van der Waals surface area contributed by atoms with Crippen LogP contribution in [-0.4, -0.2) is 46.8 Å². The van der Waals surface area contributed by atoms with E-state index in [0.29, 0.717) is 0 Å². The summed E-state index contributed by atoms with van der Waals surface area (Å²) in [7, 11) is 1.21. The molecular weight excluding hydrogens is 362 g/mol. The Bertz CT molecular complexity index is 670. The number of esters is 1. The Morgan fingerprint density at radius 3 is 2.14 bits per heavy atom. The average molecular weight is 393 g/mol. The lowest BCUT2D eigenvalue weighted by molar-refractivity contribution is -0.146. The number of carbonyl (C=O) groups excluding carboxylic acids is 3. The molecule has 0 bridgehead atoms. The minimum absolute atomic E-state index is 0.0159. The Balaban J connectivity index is 3.20. The second-order valence-electron chi connectivity index (χ2n) is 7.91. The highest BCUT2D eigenvalue weighted by atomic mass is 16.6. The predicted molar refractivity (Wildman–Crippen MR) is 105 cm³/mol. The number of hydrazine groups is 1. The molecule has 0 saturated carbocycles. The minimum atomic E-state index is -1.14. The van der Waals surface area contributed by atoms with Crippen LogP contribution in [0.15, 0.2) is 30.3 Å². The van der Waals surface area contributed by atoms with Gasteiger partial charge < -0.3 is 9.47 Å². The third-order valence-electron chi connectivity index (χ3n) is 3.72. The lowest BCUT2D eigenvalue weighted by Crippen LogP contribution is -2.57. The van der Waals surface area contributed by atoms with Crippen LogP contribution in [-0.2, 0) is 20.8 Å².